The molecule has 298 valence electrons. The van der Waals surface area contributed by atoms with Crippen molar-refractivity contribution in [3.05, 3.63) is 72.3 Å². The number of nitrogens with two attached hydrogens (primary N) is 3. The third-order valence-electron chi connectivity index (χ3n) is 10.1. The number of guanidine groups is 1. The Morgan fingerprint density at radius 1 is 0.873 bits per heavy atom. The number of nitrogens with one attached hydrogen (secondary N) is 1. The molecule has 1 aliphatic rings. The molecule has 0 aliphatic heterocycles. The molecule has 1 aliphatic carbocycles. The van der Waals surface area contributed by atoms with Crippen molar-refractivity contribution in [1.82, 2.24) is 35.3 Å². The first-order chi connectivity index (χ1) is 26.8. The molecular weight excluding hydrogens is 695 g/mol. The summed E-state index contributed by atoms with van der Waals surface area (Å²) in [6.45, 7) is 6.69. The standard InChI is InChI=1S/C41H61N11O3/c1-30(2)21-24-54-38-19-8-6-16-35(38)36-17-7-9-20-39(36)55-29-34-27-51(49-48-34)26-32(15-10-11-22-42)46-40(53)37(18-12-23-45-41(43)44)52-28-33(47-50-52)25-31-13-4-3-5-14-31/h6-9,16-17,19-20,27-28,30-32,37H,3-5,10-15,18,21-26,29,42H2,1-2H3,(H,46,53)(H4,43,44,45)/t32-,37-/m1/s1. The molecule has 2 heterocycles. The van der Waals surface area contributed by atoms with Crippen LogP contribution in [-0.2, 0) is 24.4 Å². The zero-order valence-corrected chi connectivity index (χ0v) is 32.7. The maximum Gasteiger partial charge on any atom is 0.245 e. The Bertz CT molecular complexity index is 1760. The van der Waals surface area contributed by atoms with Gasteiger partial charge in [0.15, 0.2) is 5.96 Å². The molecule has 14 heteroatoms. The van der Waals surface area contributed by atoms with Crippen molar-refractivity contribution in [2.75, 3.05) is 19.7 Å². The molecule has 14 nitrogen and oxygen atoms in total. The summed E-state index contributed by atoms with van der Waals surface area (Å²) >= 11 is 0. The largest absolute Gasteiger partial charge is 0.493 e. The van der Waals surface area contributed by atoms with E-state index in [1.54, 1.807) is 9.36 Å². The minimum absolute atomic E-state index is 0.0331. The molecule has 1 saturated carbocycles. The molecular formula is C41H61N11O3. The first kappa shape index (κ1) is 41.2. The number of rotatable bonds is 23. The predicted octanol–water partition coefficient (Wildman–Crippen LogP) is 5.57. The average molecular weight is 756 g/mol. The minimum atomic E-state index is -0.565. The Kier molecular flexibility index (Phi) is 16.3. The molecule has 2 aromatic carbocycles. The van der Waals surface area contributed by atoms with Gasteiger partial charge in [0.1, 0.15) is 29.8 Å². The van der Waals surface area contributed by atoms with E-state index in [0.717, 1.165) is 60.4 Å². The van der Waals surface area contributed by atoms with Crippen LogP contribution in [0.3, 0.4) is 0 Å². The van der Waals surface area contributed by atoms with Gasteiger partial charge in [0, 0.05) is 29.9 Å². The number of amides is 1. The van der Waals surface area contributed by atoms with Crippen molar-refractivity contribution >= 4 is 11.9 Å². The Labute approximate surface area is 325 Å². The summed E-state index contributed by atoms with van der Waals surface area (Å²) in [6.07, 6.45) is 15.5. The molecule has 2 aromatic heterocycles. The lowest BCUT2D eigenvalue weighted by molar-refractivity contribution is -0.125. The highest BCUT2D eigenvalue weighted by atomic mass is 16.5. The normalized spacial score (nSPS) is 14.4. The van der Waals surface area contributed by atoms with Gasteiger partial charge in [-0.15, -0.1) is 10.2 Å². The fourth-order valence-electron chi connectivity index (χ4n) is 7.07. The van der Waals surface area contributed by atoms with Crippen LogP contribution in [0.2, 0.25) is 0 Å². The van der Waals surface area contributed by atoms with E-state index < -0.39 is 6.04 Å². The van der Waals surface area contributed by atoms with E-state index >= 15 is 0 Å². The molecule has 0 saturated heterocycles. The highest BCUT2D eigenvalue weighted by Gasteiger charge is 2.26. The van der Waals surface area contributed by atoms with Crippen molar-refractivity contribution < 1.29 is 14.3 Å². The van der Waals surface area contributed by atoms with Crippen LogP contribution in [0.4, 0.5) is 0 Å². The molecule has 0 bridgehead atoms. The van der Waals surface area contributed by atoms with Crippen LogP contribution in [0.1, 0.15) is 102 Å². The second-order valence-electron chi connectivity index (χ2n) is 15.1. The van der Waals surface area contributed by atoms with Gasteiger partial charge in [0.05, 0.1) is 25.0 Å². The monoisotopic (exact) mass is 755 g/mol. The molecule has 1 fully saturated rings. The smallest absolute Gasteiger partial charge is 0.245 e. The number of carbonyl (C=O) groups excluding carboxylic acids is 1. The zero-order valence-electron chi connectivity index (χ0n) is 32.7. The number of aliphatic imine (C=N–C) groups is 1. The van der Waals surface area contributed by atoms with E-state index in [2.05, 4.69) is 50.8 Å². The number of ether oxygens (including phenoxy) is 2. The first-order valence-corrected chi connectivity index (χ1v) is 20.1. The number of aromatic nitrogens is 6. The van der Waals surface area contributed by atoms with Crippen molar-refractivity contribution in [3.63, 3.8) is 0 Å². The van der Waals surface area contributed by atoms with Gasteiger partial charge in [-0.1, -0.05) is 99.2 Å². The quantitative estimate of drug-likeness (QED) is 0.0422. The van der Waals surface area contributed by atoms with E-state index in [9.17, 15) is 4.79 Å². The lowest BCUT2D eigenvalue weighted by Gasteiger charge is -2.23. The molecule has 0 spiro atoms. The lowest BCUT2D eigenvalue weighted by Crippen LogP contribution is -2.42. The summed E-state index contributed by atoms with van der Waals surface area (Å²) in [5.41, 5.74) is 20.5. The number of carbonyl (C=O) groups is 1. The number of unbranched alkanes of at least 4 members (excludes halogenated alkanes) is 1. The Hall–Kier alpha value is -4.98. The zero-order chi connectivity index (χ0) is 38.8. The summed E-state index contributed by atoms with van der Waals surface area (Å²) in [5.74, 6) is 2.62. The Morgan fingerprint density at radius 2 is 1.58 bits per heavy atom. The third-order valence-corrected chi connectivity index (χ3v) is 10.1. The number of benzene rings is 2. The predicted molar refractivity (Wildman–Crippen MR) is 215 cm³/mol. The van der Waals surface area contributed by atoms with E-state index in [0.29, 0.717) is 56.6 Å². The van der Waals surface area contributed by atoms with Crippen LogP contribution in [0, 0.1) is 11.8 Å². The Balaban J connectivity index is 1.25. The molecule has 5 rings (SSSR count). The van der Waals surface area contributed by atoms with Gasteiger partial charge < -0.3 is 32.0 Å². The van der Waals surface area contributed by atoms with Crippen molar-refractivity contribution in [1.29, 1.82) is 0 Å². The molecule has 1 amide bonds. The summed E-state index contributed by atoms with van der Waals surface area (Å²) in [4.78, 5) is 18.2. The molecule has 4 aromatic rings. The van der Waals surface area contributed by atoms with Crippen LogP contribution in [-0.4, -0.2) is 67.6 Å². The summed E-state index contributed by atoms with van der Waals surface area (Å²) < 4.78 is 16.0. The van der Waals surface area contributed by atoms with E-state index in [4.69, 9.17) is 26.7 Å². The summed E-state index contributed by atoms with van der Waals surface area (Å²) in [7, 11) is 0. The number of para-hydroxylation sites is 2. The van der Waals surface area contributed by atoms with Crippen LogP contribution < -0.4 is 32.0 Å². The molecule has 0 radical (unpaired) electrons. The number of hydrogen-bond acceptors (Lipinski definition) is 9. The van der Waals surface area contributed by atoms with E-state index in [1.165, 1.54) is 32.1 Å². The maximum absolute atomic E-state index is 14.0. The van der Waals surface area contributed by atoms with Gasteiger partial charge in [-0.2, -0.15) is 0 Å². The third kappa shape index (κ3) is 13.4. The highest BCUT2D eigenvalue weighted by molar-refractivity contribution is 5.80. The van der Waals surface area contributed by atoms with Gasteiger partial charge in [0.25, 0.3) is 0 Å². The molecule has 0 unspecified atom stereocenters. The first-order valence-electron chi connectivity index (χ1n) is 20.1. The highest BCUT2D eigenvalue weighted by Crippen LogP contribution is 2.36. The topological polar surface area (TPSA) is 199 Å². The molecule has 55 heavy (non-hydrogen) atoms. The van der Waals surface area contributed by atoms with Crippen LogP contribution in [0.15, 0.2) is 65.9 Å². The van der Waals surface area contributed by atoms with Crippen LogP contribution in [0.5, 0.6) is 11.5 Å². The van der Waals surface area contributed by atoms with Gasteiger partial charge in [-0.25, -0.2) is 4.68 Å². The van der Waals surface area contributed by atoms with Gasteiger partial charge in [-0.05, 0) is 69.0 Å². The summed E-state index contributed by atoms with van der Waals surface area (Å²) in [5, 5.41) is 21.0. The summed E-state index contributed by atoms with van der Waals surface area (Å²) in [6, 6.07) is 15.2. The van der Waals surface area contributed by atoms with Crippen LogP contribution >= 0.6 is 0 Å². The van der Waals surface area contributed by atoms with Crippen LogP contribution in [0.25, 0.3) is 11.1 Å². The number of hydrogen-bond donors (Lipinski definition) is 4. The lowest BCUT2D eigenvalue weighted by atomic mass is 9.86. The van der Waals surface area contributed by atoms with Gasteiger partial charge in [-0.3, -0.25) is 14.5 Å². The maximum atomic E-state index is 14.0. The minimum Gasteiger partial charge on any atom is -0.493 e. The van der Waals surface area contributed by atoms with E-state index in [-0.39, 0.29) is 24.5 Å². The average Bonchev–Trinajstić information content (AvgIpc) is 3.84. The Morgan fingerprint density at radius 3 is 2.29 bits per heavy atom. The molecule has 2 atom stereocenters. The van der Waals surface area contributed by atoms with Crippen molar-refractivity contribution in [3.8, 4) is 22.6 Å². The number of nitrogens with zero attached hydrogens (tertiary/aromatic N) is 7. The second kappa shape index (κ2) is 21.8. The fourth-order valence-corrected chi connectivity index (χ4v) is 7.07. The van der Waals surface area contributed by atoms with Gasteiger partial charge >= 0.3 is 0 Å². The van der Waals surface area contributed by atoms with E-state index in [1.807, 2.05) is 54.9 Å². The van der Waals surface area contributed by atoms with Crippen molar-refractivity contribution in [2.45, 2.75) is 116 Å². The SMILES string of the molecule is CC(C)CCOc1ccccc1-c1ccccc1OCc1cn(C[C@@H](CCCCN)NC(=O)[C@@H](CCCN=C(N)N)n2cc(CC3CCCCC3)nn2)nn1. The van der Waals surface area contributed by atoms with Crippen molar-refractivity contribution in [2.24, 2.45) is 34.0 Å². The fraction of sp³-hybridized carbons (Fsp3) is 0.561. The second-order valence-corrected chi connectivity index (χ2v) is 15.1. The molecule has 7 N–H and O–H groups in total. The van der Waals surface area contributed by atoms with Gasteiger partial charge in [0.2, 0.25) is 5.91 Å².